The van der Waals surface area contributed by atoms with Gasteiger partial charge in [-0.1, -0.05) is 23.8 Å². The van der Waals surface area contributed by atoms with Crippen molar-refractivity contribution < 1.29 is 19.5 Å². The molecule has 1 aliphatic carbocycles. The van der Waals surface area contributed by atoms with Crippen LogP contribution >= 0.6 is 0 Å². The van der Waals surface area contributed by atoms with Gasteiger partial charge in [0.2, 0.25) is 0 Å². The fourth-order valence-corrected chi connectivity index (χ4v) is 5.02. The Kier molecular flexibility index (Phi) is 4.47. The molecule has 4 aliphatic rings. The summed E-state index contributed by atoms with van der Waals surface area (Å²) in [4.78, 5) is 15.9. The number of quaternary nitrogens is 1. The number of nitrogens with one attached hydrogen (secondary N) is 1. The molecule has 0 aromatic heterocycles. The number of aryl methyl sites for hydroxylation is 1. The van der Waals surface area contributed by atoms with Gasteiger partial charge in [0.05, 0.1) is 19.1 Å². The number of fused-ring (bicyclic) bond motifs is 2. The van der Waals surface area contributed by atoms with E-state index in [4.69, 9.17) is 4.74 Å². The minimum Gasteiger partial charge on any atom is -0.545 e. The molecule has 2 fully saturated rings. The number of anilines is 1. The number of ether oxygens (including phenoxy) is 1. The van der Waals surface area contributed by atoms with Gasteiger partial charge in [-0.2, -0.15) is 0 Å². The lowest BCUT2D eigenvalue weighted by Crippen LogP contribution is -3.20. The van der Waals surface area contributed by atoms with Crippen molar-refractivity contribution in [1.82, 2.24) is 0 Å². The van der Waals surface area contributed by atoms with E-state index in [1.165, 1.54) is 25.9 Å². The van der Waals surface area contributed by atoms with Gasteiger partial charge in [-0.15, -0.1) is 0 Å². The third-order valence-corrected chi connectivity index (χ3v) is 7.14. The Morgan fingerprint density at radius 3 is 2.62 bits per heavy atom. The molecule has 0 spiro atoms. The highest BCUT2D eigenvalue weighted by Crippen LogP contribution is 2.45. The molecule has 162 valence electrons. The highest BCUT2D eigenvalue weighted by molar-refractivity contribution is 6.00. The van der Waals surface area contributed by atoms with Crippen molar-refractivity contribution in [3.05, 3.63) is 88.2 Å². The van der Waals surface area contributed by atoms with Crippen molar-refractivity contribution in [1.29, 1.82) is 0 Å². The highest BCUT2D eigenvalue weighted by atomic mass is 16.5. The van der Waals surface area contributed by atoms with E-state index in [1.54, 1.807) is 11.0 Å². The van der Waals surface area contributed by atoms with E-state index in [-0.39, 0.29) is 5.56 Å². The lowest BCUT2D eigenvalue weighted by atomic mass is 9.84. The molecule has 32 heavy (non-hydrogen) atoms. The molecule has 5 heteroatoms. The number of carboxylic acid groups (broad SMARTS) is 1. The molecule has 0 bridgehead atoms. The maximum atomic E-state index is 12.0. The maximum absolute atomic E-state index is 12.0. The quantitative estimate of drug-likeness (QED) is 0.811. The summed E-state index contributed by atoms with van der Waals surface area (Å²) in [5.41, 5.74) is 5.83. The van der Waals surface area contributed by atoms with Gasteiger partial charge in [0.15, 0.2) is 0 Å². The number of carboxylic acids is 1. The average Bonchev–Trinajstić information content (AvgIpc) is 2.69. The Bertz CT molecular complexity index is 1220. The second kappa shape index (κ2) is 7.38. The predicted octanol–water partition coefficient (Wildman–Crippen LogP) is 1.87. The minimum atomic E-state index is -1.16. The first-order valence-electron chi connectivity index (χ1n) is 11.5. The zero-order valence-corrected chi connectivity index (χ0v) is 18.2. The van der Waals surface area contributed by atoms with E-state index >= 15 is 0 Å². The normalized spacial score (nSPS) is 21.7. The second-order valence-electron chi connectivity index (χ2n) is 9.18. The van der Waals surface area contributed by atoms with Crippen LogP contribution in [0.3, 0.4) is 0 Å². The van der Waals surface area contributed by atoms with Crippen molar-refractivity contribution >= 4 is 17.2 Å². The van der Waals surface area contributed by atoms with Crippen molar-refractivity contribution in [3.63, 3.8) is 0 Å². The van der Waals surface area contributed by atoms with Gasteiger partial charge in [-0.3, -0.25) is 0 Å². The lowest BCUT2D eigenvalue weighted by molar-refractivity contribution is -0.950. The largest absolute Gasteiger partial charge is 0.545 e. The van der Waals surface area contributed by atoms with Crippen LogP contribution in [0.4, 0.5) is 5.69 Å². The molecule has 5 nitrogen and oxygen atoms in total. The molecule has 0 radical (unpaired) electrons. The summed E-state index contributed by atoms with van der Waals surface area (Å²) in [6, 6.07) is 12.0. The van der Waals surface area contributed by atoms with Crippen LogP contribution in [0.1, 0.15) is 39.9 Å². The number of nitrogens with zero attached hydrogens (tertiary/aromatic N) is 1. The highest BCUT2D eigenvalue weighted by Gasteiger charge is 2.33. The van der Waals surface area contributed by atoms with Crippen molar-refractivity contribution in [2.24, 2.45) is 0 Å². The third kappa shape index (κ3) is 3.07. The Balaban J connectivity index is 1.55. The van der Waals surface area contributed by atoms with Gasteiger partial charge in [0.25, 0.3) is 0 Å². The van der Waals surface area contributed by atoms with Crippen LogP contribution in [0.2, 0.25) is 0 Å². The smallest absolute Gasteiger partial charge is 0.137 e. The number of aromatic carboxylic acids is 1. The molecule has 1 atom stereocenters. The van der Waals surface area contributed by atoms with Crippen LogP contribution in [0.25, 0.3) is 5.57 Å². The topological polar surface area (TPSA) is 57.0 Å². The molecule has 2 saturated heterocycles. The molecule has 0 amide bonds. The van der Waals surface area contributed by atoms with Crippen LogP contribution < -0.4 is 19.6 Å². The fraction of sp³-hybridized carbons (Fsp3) is 0.296. The first kappa shape index (κ1) is 19.4. The summed E-state index contributed by atoms with van der Waals surface area (Å²) >= 11 is 0. The number of likely N-dealkylation sites (tertiary alicyclic amines) is 1. The van der Waals surface area contributed by atoms with Crippen molar-refractivity contribution in [2.45, 2.75) is 25.8 Å². The van der Waals surface area contributed by atoms with E-state index in [9.17, 15) is 9.90 Å². The van der Waals surface area contributed by atoms with E-state index in [1.807, 2.05) is 19.1 Å². The first-order chi connectivity index (χ1) is 15.6. The fourth-order valence-electron chi connectivity index (χ4n) is 5.02. The number of allylic oxidation sites excluding steroid dienone is 1. The minimum absolute atomic E-state index is 0.209. The number of carbonyl (C=O) groups excluding carboxylic acids is 1. The molecule has 1 N–H and O–H groups in total. The summed E-state index contributed by atoms with van der Waals surface area (Å²) in [6.07, 6.45) is 9.02. The Labute approximate surface area is 187 Å². The van der Waals surface area contributed by atoms with E-state index in [0.29, 0.717) is 11.6 Å². The molecule has 1 unspecified atom stereocenters. The first-order valence-corrected chi connectivity index (χ1v) is 11.5. The monoisotopic (exact) mass is 426 g/mol. The van der Waals surface area contributed by atoms with Gasteiger partial charge in [0, 0.05) is 59.6 Å². The summed E-state index contributed by atoms with van der Waals surface area (Å²) in [6.45, 7) is 6.45. The van der Waals surface area contributed by atoms with Gasteiger partial charge in [-0.05, 0) is 43.2 Å². The van der Waals surface area contributed by atoms with E-state index in [0.717, 1.165) is 52.6 Å². The van der Waals surface area contributed by atoms with Crippen LogP contribution in [-0.2, 0) is 0 Å². The number of hydrogen-bond acceptors (Lipinski definition) is 4. The molecule has 6 rings (SSSR count). The summed E-state index contributed by atoms with van der Waals surface area (Å²) < 4.78 is 6.48. The van der Waals surface area contributed by atoms with Gasteiger partial charge < -0.3 is 24.4 Å². The molecular weight excluding hydrogens is 400 g/mol. The Morgan fingerprint density at radius 1 is 1.09 bits per heavy atom. The summed E-state index contributed by atoms with van der Waals surface area (Å²) in [5, 5.41) is 12.0. The number of rotatable bonds is 4. The summed E-state index contributed by atoms with van der Waals surface area (Å²) in [7, 11) is 0. The van der Waals surface area contributed by atoms with Crippen LogP contribution in [0.15, 0.2) is 66.0 Å². The zero-order chi connectivity index (χ0) is 21.8. The molecular formula is C27H26N2O3. The number of hydrogen-bond donors (Lipinski definition) is 1. The molecule has 3 heterocycles. The third-order valence-electron chi connectivity index (χ3n) is 7.14. The lowest BCUT2D eigenvalue weighted by Gasteiger charge is -2.36. The summed E-state index contributed by atoms with van der Waals surface area (Å²) in [5.74, 6) is 0.454. The van der Waals surface area contributed by atoms with Crippen molar-refractivity contribution in [3.8, 4) is 5.75 Å². The van der Waals surface area contributed by atoms with Gasteiger partial charge in [0.1, 0.15) is 17.6 Å². The SMILES string of the molecule is Cc1ccc(C(=O)[O-])c(C2=C3C=CC([NH+]4CCC4)C=C3Oc3cc(N4CCC4)ccc32)c1. The van der Waals surface area contributed by atoms with Crippen LogP contribution in [0.5, 0.6) is 5.75 Å². The van der Waals surface area contributed by atoms with Crippen molar-refractivity contribution in [2.75, 3.05) is 31.1 Å². The van der Waals surface area contributed by atoms with Gasteiger partial charge in [-0.25, -0.2) is 0 Å². The predicted molar refractivity (Wildman–Crippen MR) is 122 cm³/mol. The molecule has 2 aromatic rings. The number of carbonyl (C=O) groups is 1. The van der Waals surface area contributed by atoms with Crippen LogP contribution in [-0.4, -0.2) is 38.2 Å². The molecule has 2 aromatic carbocycles. The maximum Gasteiger partial charge on any atom is 0.137 e. The van der Waals surface area contributed by atoms with Gasteiger partial charge >= 0.3 is 0 Å². The second-order valence-corrected chi connectivity index (χ2v) is 9.18. The standard InChI is InChI=1S/C27H26N2O3/c1-17-4-7-20(27(30)31)23(14-17)26-21-8-5-18(28-10-2-11-28)15-24(21)32-25-16-19(6-9-22(25)26)29-12-3-13-29/h4-9,14-16,18H,2-3,10-13H2,1H3,(H,30,31). The van der Waals surface area contributed by atoms with Crippen LogP contribution in [0, 0.1) is 6.92 Å². The average molecular weight is 427 g/mol. The molecule has 3 aliphatic heterocycles. The Morgan fingerprint density at radius 2 is 1.94 bits per heavy atom. The Hall–Kier alpha value is -3.31. The van der Waals surface area contributed by atoms with E-state index < -0.39 is 5.97 Å². The molecule has 0 saturated carbocycles. The number of benzene rings is 2. The van der Waals surface area contributed by atoms with E-state index in [2.05, 4.69) is 41.3 Å². The zero-order valence-electron chi connectivity index (χ0n) is 18.2.